The molecule has 0 aliphatic heterocycles. The molecule has 0 bridgehead atoms. The number of rotatable bonds is 5. The number of benzene rings is 1. The van der Waals surface area contributed by atoms with Gasteiger partial charge in [-0.05, 0) is 63.3 Å². The highest BCUT2D eigenvalue weighted by atomic mass is 16.3. The number of likely N-dealkylation sites (N-methyl/N-ethyl adjacent to an activating group) is 1. The van der Waals surface area contributed by atoms with Gasteiger partial charge in [0, 0.05) is 19.1 Å². The molecule has 1 aromatic rings. The van der Waals surface area contributed by atoms with Crippen molar-refractivity contribution in [2.24, 2.45) is 0 Å². The van der Waals surface area contributed by atoms with Crippen molar-refractivity contribution in [1.82, 2.24) is 10.2 Å². The van der Waals surface area contributed by atoms with Crippen LogP contribution in [0, 0.1) is 0 Å². The molecule has 1 amide bonds. The smallest absolute Gasteiger partial charge is 0.239 e. The number of fused-ring (bicyclic) bond motifs is 1. The van der Waals surface area contributed by atoms with E-state index in [0.717, 1.165) is 37.9 Å². The van der Waals surface area contributed by atoms with Crippen LogP contribution in [-0.2, 0) is 11.2 Å². The molecule has 4 heteroatoms. The average molecular weight is 290 g/mol. The first-order valence-corrected chi connectivity index (χ1v) is 7.93. The molecule has 116 valence electrons. The Morgan fingerprint density at radius 2 is 2.14 bits per heavy atom. The maximum absolute atomic E-state index is 12.4. The van der Waals surface area contributed by atoms with Crippen LogP contribution in [0.4, 0.5) is 0 Å². The summed E-state index contributed by atoms with van der Waals surface area (Å²) in [6.45, 7) is 7.41. The third kappa shape index (κ3) is 3.56. The van der Waals surface area contributed by atoms with Gasteiger partial charge in [-0.2, -0.15) is 0 Å². The molecule has 4 nitrogen and oxygen atoms in total. The number of amides is 1. The van der Waals surface area contributed by atoms with E-state index >= 15 is 0 Å². The Bertz CT molecular complexity index is 498. The van der Waals surface area contributed by atoms with Crippen LogP contribution in [-0.4, -0.2) is 35.0 Å². The Balaban J connectivity index is 2.11. The first-order valence-electron chi connectivity index (χ1n) is 7.93. The first kappa shape index (κ1) is 15.8. The Labute approximate surface area is 127 Å². The molecule has 1 aliphatic rings. The molecule has 0 fully saturated rings. The summed E-state index contributed by atoms with van der Waals surface area (Å²) in [6, 6.07) is 5.51. The van der Waals surface area contributed by atoms with Crippen molar-refractivity contribution in [1.29, 1.82) is 0 Å². The van der Waals surface area contributed by atoms with E-state index in [9.17, 15) is 9.90 Å². The van der Waals surface area contributed by atoms with Crippen LogP contribution in [0.3, 0.4) is 0 Å². The van der Waals surface area contributed by atoms with Crippen LogP contribution in [0.2, 0.25) is 0 Å². The highest BCUT2D eigenvalue weighted by molar-refractivity contribution is 5.81. The average Bonchev–Trinajstić information content (AvgIpc) is 2.49. The summed E-state index contributed by atoms with van der Waals surface area (Å²) in [5.41, 5.74) is 2.42. The minimum atomic E-state index is -0.205. The number of hydrogen-bond donors (Lipinski definition) is 2. The van der Waals surface area contributed by atoms with E-state index in [4.69, 9.17) is 0 Å². The fraction of sp³-hybridized carbons (Fsp3) is 0.588. The summed E-state index contributed by atoms with van der Waals surface area (Å²) >= 11 is 0. The van der Waals surface area contributed by atoms with Crippen molar-refractivity contribution in [2.75, 3.05) is 13.1 Å². The Morgan fingerprint density at radius 1 is 1.43 bits per heavy atom. The van der Waals surface area contributed by atoms with Gasteiger partial charge < -0.3 is 10.0 Å². The fourth-order valence-electron chi connectivity index (χ4n) is 3.14. The number of nitrogens with zero attached hydrogens (tertiary/aromatic N) is 1. The number of phenolic OH excluding ortho intramolecular Hbond substituents is 1. The molecule has 0 saturated carbocycles. The van der Waals surface area contributed by atoms with Crippen molar-refractivity contribution < 1.29 is 9.90 Å². The van der Waals surface area contributed by atoms with E-state index < -0.39 is 0 Å². The second kappa shape index (κ2) is 6.94. The normalized spacial score (nSPS) is 18.9. The minimum Gasteiger partial charge on any atom is -0.508 e. The highest BCUT2D eigenvalue weighted by Gasteiger charge is 2.25. The molecule has 0 aromatic heterocycles. The largest absolute Gasteiger partial charge is 0.508 e. The number of aromatic hydroxyl groups is 1. The zero-order valence-corrected chi connectivity index (χ0v) is 13.2. The van der Waals surface area contributed by atoms with Crippen molar-refractivity contribution in [3.8, 4) is 5.75 Å². The van der Waals surface area contributed by atoms with Gasteiger partial charge in [0.15, 0.2) is 0 Å². The lowest BCUT2D eigenvalue weighted by Crippen LogP contribution is -2.46. The van der Waals surface area contributed by atoms with E-state index in [1.165, 1.54) is 5.56 Å². The van der Waals surface area contributed by atoms with E-state index in [0.29, 0.717) is 5.75 Å². The fourth-order valence-corrected chi connectivity index (χ4v) is 3.14. The monoisotopic (exact) mass is 290 g/mol. The van der Waals surface area contributed by atoms with Gasteiger partial charge in [-0.1, -0.05) is 6.07 Å². The SMILES string of the molecule is CCN(CC)C(=O)C(C)NC1CCCc2ccc(O)cc21. The summed E-state index contributed by atoms with van der Waals surface area (Å²) in [7, 11) is 0. The Hall–Kier alpha value is -1.55. The third-order valence-electron chi connectivity index (χ3n) is 4.34. The van der Waals surface area contributed by atoms with Gasteiger partial charge in [0.2, 0.25) is 5.91 Å². The van der Waals surface area contributed by atoms with Gasteiger partial charge >= 0.3 is 0 Å². The zero-order valence-electron chi connectivity index (χ0n) is 13.2. The molecule has 2 N–H and O–H groups in total. The van der Waals surface area contributed by atoms with Crippen molar-refractivity contribution in [2.45, 2.75) is 52.1 Å². The van der Waals surface area contributed by atoms with E-state index in [1.54, 1.807) is 6.07 Å². The predicted molar refractivity (Wildman–Crippen MR) is 84.3 cm³/mol. The highest BCUT2D eigenvalue weighted by Crippen LogP contribution is 2.32. The molecule has 2 atom stereocenters. The summed E-state index contributed by atoms with van der Waals surface area (Å²) in [4.78, 5) is 14.2. The number of nitrogens with one attached hydrogen (secondary N) is 1. The van der Waals surface area contributed by atoms with Gasteiger partial charge in [-0.25, -0.2) is 0 Å². The molecular formula is C17H26N2O2. The predicted octanol–water partition coefficient (Wildman–Crippen LogP) is 2.62. The molecule has 21 heavy (non-hydrogen) atoms. The molecule has 2 unspecified atom stereocenters. The number of carbonyl (C=O) groups is 1. The molecular weight excluding hydrogens is 264 g/mol. The zero-order chi connectivity index (χ0) is 15.4. The van der Waals surface area contributed by atoms with Crippen LogP contribution >= 0.6 is 0 Å². The molecule has 0 spiro atoms. The number of phenols is 1. The van der Waals surface area contributed by atoms with Gasteiger partial charge in [0.05, 0.1) is 6.04 Å². The summed E-state index contributed by atoms with van der Waals surface area (Å²) in [5.74, 6) is 0.442. The quantitative estimate of drug-likeness (QED) is 0.876. The number of aryl methyl sites for hydroxylation is 1. The van der Waals surface area contributed by atoms with Gasteiger partial charge in [0.1, 0.15) is 5.75 Å². The van der Waals surface area contributed by atoms with Crippen LogP contribution < -0.4 is 5.32 Å². The van der Waals surface area contributed by atoms with E-state index in [2.05, 4.69) is 5.32 Å². The lowest BCUT2D eigenvalue weighted by molar-refractivity contribution is -0.132. The lowest BCUT2D eigenvalue weighted by Gasteiger charge is -2.31. The summed E-state index contributed by atoms with van der Waals surface area (Å²) in [5, 5.41) is 13.2. The molecule has 0 saturated heterocycles. The topological polar surface area (TPSA) is 52.6 Å². The van der Waals surface area contributed by atoms with Crippen molar-refractivity contribution in [3.05, 3.63) is 29.3 Å². The standard InChI is InChI=1S/C17H26N2O2/c1-4-19(5-2)17(21)12(3)18-16-8-6-7-13-9-10-14(20)11-15(13)16/h9-12,16,18,20H,4-8H2,1-3H3. The van der Waals surface area contributed by atoms with Crippen molar-refractivity contribution in [3.63, 3.8) is 0 Å². The Kier molecular flexibility index (Phi) is 5.23. The molecule has 1 aliphatic carbocycles. The number of hydrogen-bond acceptors (Lipinski definition) is 3. The summed E-state index contributed by atoms with van der Waals surface area (Å²) in [6.07, 6.45) is 3.17. The van der Waals surface area contributed by atoms with Crippen LogP contribution in [0.15, 0.2) is 18.2 Å². The number of carbonyl (C=O) groups excluding carboxylic acids is 1. The maximum Gasteiger partial charge on any atom is 0.239 e. The van der Waals surface area contributed by atoms with Gasteiger partial charge in [0.25, 0.3) is 0 Å². The molecule has 0 radical (unpaired) electrons. The minimum absolute atomic E-state index is 0.146. The first-order chi connectivity index (χ1) is 10.1. The van der Waals surface area contributed by atoms with Crippen LogP contribution in [0.25, 0.3) is 0 Å². The second-order valence-electron chi connectivity index (χ2n) is 5.73. The van der Waals surface area contributed by atoms with Crippen LogP contribution in [0.5, 0.6) is 5.75 Å². The van der Waals surface area contributed by atoms with E-state index in [1.807, 2.05) is 37.8 Å². The maximum atomic E-state index is 12.4. The lowest BCUT2D eigenvalue weighted by atomic mass is 9.87. The summed E-state index contributed by atoms with van der Waals surface area (Å²) < 4.78 is 0. The molecule has 0 heterocycles. The van der Waals surface area contributed by atoms with Gasteiger partial charge in [-0.15, -0.1) is 0 Å². The Morgan fingerprint density at radius 3 is 2.81 bits per heavy atom. The second-order valence-corrected chi connectivity index (χ2v) is 5.73. The molecule has 1 aromatic carbocycles. The third-order valence-corrected chi connectivity index (χ3v) is 4.34. The van der Waals surface area contributed by atoms with Crippen LogP contribution in [0.1, 0.15) is 50.8 Å². The van der Waals surface area contributed by atoms with E-state index in [-0.39, 0.29) is 18.0 Å². The van der Waals surface area contributed by atoms with Gasteiger partial charge in [-0.3, -0.25) is 10.1 Å². The van der Waals surface area contributed by atoms with Crippen molar-refractivity contribution >= 4 is 5.91 Å². The molecule has 2 rings (SSSR count).